The van der Waals surface area contributed by atoms with Crippen molar-refractivity contribution < 1.29 is 14.0 Å². The van der Waals surface area contributed by atoms with Gasteiger partial charge >= 0.3 is 6.01 Å². The highest BCUT2D eigenvalue weighted by molar-refractivity contribution is 5.61. The molecule has 3 rings (SSSR count). The number of benzene rings is 2. The molecule has 6 nitrogen and oxygen atoms in total. The van der Waals surface area contributed by atoms with Gasteiger partial charge in [0.2, 0.25) is 5.82 Å². The normalized spacial score (nSPS) is 10.5. The van der Waals surface area contributed by atoms with Crippen LogP contribution in [0.15, 0.2) is 47.0 Å². The van der Waals surface area contributed by atoms with Gasteiger partial charge in [0.1, 0.15) is 0 Å². The maximum absolute atomic E-state index is 5.29. The zero-order valence-electron chi connectivity index (χ0n) is 13.9. The Bertz CT molecular complexity index is 813. The van der Waals surface area contributed by atoms with Crippen LogP contribution in [0.1, 0.15) is 11.1 Å². The van der Waals surface area contributed by atoms with Crippen molar-refractivity contribution >= 4 is 6.01 Å². The molecule has 2 aromatic carbocycles. The predicted octanol–water partition coefficient (Wildman–Crippen LogP) is 3.67. The van der Waals surface area contributed by atoms with Gasteiger partial charge in [0, 0.05) is 12.1 Å². The molecule has 6 heteroatoms. The van der Waals surface area contributed by atoms with Crippen LogP contribution in [-0.2, 0) is 6.54 Å². The molecule has 0 fully saturated rings. The zero-order chi connectivity index (χ0) is 16.9. The van der Waals surface area contributed by atoms with Gasteiger partial charge in [-0.2, -0.15) is 4.98 Å². The Labute approximate surface area is 140 Å². The highest BCUT2D eigenvalue weighted by atomic mass is 16.5. The number of aryl methyl sites for hydroxylation is 1. The maximum atomic E-state index is 5.29. The molecular formula is C18H19N3O3. The molecule has 0 saturated heterocycles. The van der Waals surface area contributed by atoms with Crippen LogP contribution in [0, 0.1) is 6.92 Å². The molecule has 0 aliphatic heterocycles. The number of methoxy groups -OCH3 is 2. The van der Waals surface area contributed by atoms with E-state index < -0.39 is 0 Å². The Balaban J connectivity index is 1.72. The van der Waals surface area contributed by atoms with Crippen molar-refractivity contribution in [2.75, 3.05) is 19.5 Å². The first-order valence-electron chi connectivity index (χ1n) is 7.55. The van der Waals surface area contributed by atoms with E-state index in [2.05, 4.69) is 46.6 Å². The lowest BCUT2D eigenvalue weighted by Crippen LogP contribution is -1.99. The van der Waals surface area contributed by atoms with Crippen LogP contribution in [0.25, 0.3) is 11.4 Å². The standard InChI is InChI=1S/C18H19N3O3/c1-12-4-6-13(7-5-12)11-19-18-20-17(21-24-18)14-8-9-15(22-2)16(10-14)23-3/h4-10H,11H2,1-3H3,(H,19,20,21). The molecule has 3 aromatic rings. The van der Waals surface area contributed by atoms with Gasteiger partial charge in [-0.15, -0.1) is 0 Å². The smallest absolute Gasteiger partial charge is 0.322 e. The van der Waals surface area contributed by atoms with Crippen molar-refractivity contribution in [3.63, 3.8) is 0 Å². The lowest BCUT2D eigenvalue weighted by Gasteiger charge is -2.07. The Morgan fingerprint density at radius 3 is 2.46 bits per heavy atom. The summed E-state index contributed by atoms with van der Waals surface area (Å²) in [4.78, 5) is 4.36. The van der Waals surface area contributed by atoms with E-state index in [1.54, 1.807) is 14.2 Å². The Morgan fingerprint density at radius 2 is 1.75 bits per heavy atom. The molecular weight excluding hydrogens is 306 g/mol. The van der Waals surface area contributed by atoms with E-state index >= 15 is 0 Å². The average molecular weight is 325 g/mol. The molecule has 0 radical (unpaired) electrons. The Morgan fingerprint density at radius 1 is 1.00 bits per heavy atom. The van der Waals surface area contributed by atoms with Crippen LogP contribution in [0.5, 0.6) is 11.5 Å². The van der Waals surface area contributed by atoms with Crippen molar-refractivity contribution in [1.29, 1.82) is 0 Å². The van der Waals surface area contributed by atoms with Gasteiger partial charge in [-0.05, 0) is 30.7 Å². The molecule has 124 valence electrons. The molecule has 0 saturated carbocycles. The summed E-state index contributed by atoms with van der Waals surface area (Å²) < 4.78 is 15.8. The van der Waals surface area contributed by atoms with Crippen LogP contribution >= 0.6 is 0 Å². The van der Waals surface area contributed by atoms with Gasteiger partial charge in [0.15, 0.2) is 11.5 Å². The minimum atomic E-state index is 0.375. The van der Waals surface area contributed by atoms with Gasteiger partial charge < -0.3 is 19.3 Å². The number of aromatic nitrogens is 2. The minimum absolute atomic E-state index is 0.375. The number of hydrogen-bond acceptors (Lipinski definition) is 6. The van der Waals surface area contributed by atoms with E-state index in [0.29, 0.717) is 29.9 Å². The number of nitrogens with one attached hydrogen (secondary N) is 1. The lowest BCUT2D eigenvalue weighted by molar-refractivity contribution is 0.355. The molecule has 1 heterocycles. The summed E-state index contributed by atoms with van der Waals surface area (Å²) in [7, 11) is 3.19. The first kappa shape index (κ1) is 15.9. The van der Waals surface area contributed by atoms with Crippen LogP contribution in [0.2, 0.25) is 0 Å². The summed E-state index contributed by atoms with van der Waals surface area (Å²) in [5.41, 5.74) is 3.17. The number of hydrogen-bond donors (Lipinski definition) is 1. The molecule has 0 unspecified atom stereocenters. The third kappa shape index (κ3) is 3.48. The molecule has 0 aliphatic rings. The van der Waals surface area contributed by atoms with Crippen LogP contribution < -0.4 is 14.8 Å². The molecule has 0 spiro atoms. The predicted molar refractivity (Wildman–Crippen MR) is 91.3 cm³/mol. The van der Waals surface area contributed by atoms with Crippen molar-refractivity contribution in [2.24, 2.45) is 0 Å². The number of ether oxygens (including phenoxy) is 2. The fraction of sp³-hybridized carbons (Fsp3) is 0.222. The molecule has 1 aromatic heterocycles. The van der Waals surface area contributed by atoms with Crippen LogP contribution in [0.3, 0.4) is 0 Å². The van der Waals surface area contributed by atoms with Gasteiger partial charge in [-0.1, -0.05) is 35.0 Å². The summed E-state index contributed by atoms with van der Waals surface area (Å²) in [5, 5.41) is 7.12. The summed E-state index contributed by atoms with van der Waals surface area (Å²) in [5.74, 6) is 1.76. The van der Waals surface area contributed by atoms with Gasteiger partial charge in [-0.3, -0.25) is 0 Å². The van der Waals surface area contributed by atoms with Gasteiger partial charge in [-0.25, -0.2) is 0 Å². The molecule has 0 atom stereocenters. The average Bonchev–Trinajstić information content (AvgIpc) is 3.09. The highest BCUT2D eigenvalue weighted by Gasteiger charge is 2.12. The Kier molecular flexibility index (Phi) is 4.65. The summed E-state index contributed by atoms with van der Waals surface area (Å²) >= 11 is 0. The fourth-order valence-electron chi connectivity index (χ4n) is 2.27. The largest absolute Gasteiger partial charge is 0.493 e. The second kappa shape index (κ2) is 7.04. The number of rotatable bonds is 6. The maximum Gasteiger partial charge on any atom is 0.322 e. The quantitative estimate of drug-likeness (QED) is 0.745. The first-order chi connectivity index (χ1) is 11.7. The molecule has 1 N–H and O–H groups in total. The van der Waals surface area contributed by atoms with E-state index in [1.807, 2.05) is 18.2 Å². The van der Waals surface area contributed by atoms with E-state index in [0.717, 1.165) is 11.1 Å². The second-order valence-corrected chi connectivity index (χ2v) is 5.33. The van der Waals surface area contributed by atoms with Crippen molar-refractivity contribution in [1.82, 2.24) is 10.1 Å². The summed E-state index contributed by atoms with van der Waals surface area (Å²) in [6.07, 6.45) is 0. The monoisotopic (exact) mass is 325 g/mol. The molecule has 0 bridgehead atoms. The molecule has 24 heavy (non-hydrogen) atoms. The van der Waals surface area contributed by atoms with Gasteiger partial charge in [0.25, 0.3) is 0 Å². The van der Waals surface area contributed by atoms with Crippen molar-refractivity contribution in [3.8, 4) is 22.9 Å². The fourth-order valence-corrected chi connectivity index (χ4v) is 2.27. The SMILES string of the molecule is COc1ccc(-c2noc(NCc3ccc(C)cc3)n2)cc1OC. The second-order valence-electron chi connectivity index (χ2n) is 5.33. The number of anilines is 1. The Hall–Kier alpha value is -3.02. The van der Waals surface area contributed by atoms with Crippen molar-refractivity contribution in [3.05, 3.63) is 53.6 Å². The third-order valence-electron chi connectivity index (χ3n) is 3.63. The van der Waals surface area contributed by atoms with Crippen molar-refractivity contribution in [2.45, 2.75) is 13.5 Å². The van der Waals surface area contributed by atoms with E-state index in [-0.39, 0.29) is 0 Å². The summed E-state index contributed by atoms with van der Waals surface area (Å²) in [6, 6.07) is 14.1. The summed E-state index contributed by atoms with van der Waals surface area (Å²) in [6.45, 7) is 2.68. The third-order valence-corrected chi connectivity index (χ3v) is 3.63. The lowest BCUT2D eigenvalue weighted by atomic mass is 10.1. The molecule has 0 amide bonds. The molecule has 0 aliphatic carbocycles. The van der Waals surface area contributed by atoms with Gasteiger partial charge in [0.05, 0.1) is 14.2 Å². The highest BCUT2D eigenvalue weighted by Crippen LogP contribution is 2.31. The zero-order valence-corrected chi connectivity index (χ0v) is 13.9. The van der Waals surface area contributed by atoms with E-state index in [9.17, 15) is 0 Å². The first-order valence-corrected chi connectivity index (χ1v) is 7.55. The number of nitrogens with zero attached hydrogens (tertiary/aromatic N) is 2. The minimum Gasteiger partial charge on any atom is -0.493 e. The van der Waals surface area contributed by atoms with Crippen LogP contribution in [0.4, 0.5) is 6.01 Å². The van der Waals surface area contributed by atoms with Crippen LogP contribution in [-0.4, -0.2) is 24.4 Å². The van der Waals surface area contributed by atoms with E-state index in [1.165, 1.54) is 5.56 Å². The topological polar surface area (TPSA) is 69.4 Å². The van der Waals surface area contributed by atoms with E-state index in [4.69, 9.17) is 14.0 Å².